The van der Waals surface area contributed by atoms with E-state index in [1.54, 1.807) is 11.6 Å². The van der Waals surface area contributed by atoms with E-state index in [4.69, 9.17) is 17.3 Å². The number of aryl methyl sites for hydroxylation is 2. The van der Waals surface area contributed by atoms with Gasteiger partial charge in [0.25, 0.3) is 0 Å². The average Bonchev–Trinajstić information content (AvgIpc) is 2.66. The molecule has 4 nitrogen and oxygen atoms in total. The standard InChI is InChI=1S/C13H22ClN3O/c1-5-9-12(14)10(17(7-3)16-9)8-11(18)13(4,15)6-2/h5-8,15H2,1-4H3. The molecule has 5 heteroatoms. The van der Waals surface area contributed by atoms with Crippen LogP contribution >= 0.6 is 11.6 Å². The Labute approximate surface area is 113 Å². The number of Topliss-reactive ketones (excluding diaryl/α,β-unsaturated/α-hetero) is 1. The van der Waals surface area contributed by atoms with E-state index in [1.165, 1.54) is 0 Å². The van der Waals surface area contributed by atoms with Crippen molar-refractivity contribution in [3.8, 4) is 0 Å². The number of rotatable bonds is 6. The molecule has 1 aromatic heterocycles. The van der Waals surface area contributed by atoms with E-state index in [9.17, 15) is 4.79 Å². The molecule has 1 rings (SSSR count). The lowest BCUT2D eigenvalue weighted by Gasteiger charge is -2.21. The van der Waals surface area contributed by atoms with Crippen molar-refractivity contribution in [2.75, 3.05) is 0 Å². The Kier molecular flexibility index (Phi) is 4.93. The maximum atomic E-state index is 12.2. The number of nitrogens with two attached hydrogens (primary N) is 1. The molecule has 0 aliphatic rings. The Morgan fingerprint density at radius 3 is 2.50 bits per heavy atom. The zero-order valence-corrected chi connectivity index (χ0v) is 12.3. The fourth-order valence-corrected chi connectivity index (χ4v) is 2.07. The lowest BCUT2D eigenvalue weighted by atomic mass is 9.91. The number of ketones is 1. The highest BCUT2D eigenvalue weighted by Crippen LogP contribution is 2.23. The van der Waals surface area contributed by atoms with Crippen LogP contribution in [0.25, 0.3) is 0 Å². The monoisotopic (exact) mass is 271 g/mol. The van der Waals surface area contributed by atoms with Crippen molar-refractivity contribution in [1.29, 1.82) is 0 Å². The quantitative estimate of drug-likeness (QED) is 0.864. The molecule has 0 saturated heterocycles. The molecule has 102 valence electrons. The first kappa shape index (κ1) is 15.2. The molecular formula is C13H22ClN3O. The van der Waals surface area contributed by atoms with Crippen LogP contribution in [-0.4, -0.2) is 21.1 Å². The molecule has 1 unspecified atom stereocenters. The first-order chi connectivity index (χ1) is 8.37. The molecule has 0 radical (unpaired) electrons. The average molecular weight is 272 g/mol. The van der Waals surface area contributed by atoms with Crippen molar-refractivity contribution >= 4 is 17.4 Å². The number of carbonyl (C=O) groups is 1. The van der Waals surface area contributed by atoms with Crippen LogP contribution in [0.4, 0.5) is 0 Å². The van der Waals surface area contributed by atoms with Crippen LogP contribution in [0.2, 0.25) is 5.02 Å². The van der Waals surface area contributed by atoms with Gasteiger partial charge in [-0.3, -0.25) is 9.48 Å². The third-order valence-corrected chi connectivity index (χ3v) is 3.83. The Morgan fingerprint density at radius 2 is 2.06 bits per heavy atom. The van der Waals surface area contributed by atoms with E-state index < -0.39 is 5.54 Å². The van der Waals surface area contributed by atoms with E-state index in [2.05, 4.69) is 5.10 Å². The summed E-state index contributed by atoms with van der Waals surface area (Å²) in [6.07, 6.45) is 1.63. The topological polar surface area (TPSA) is 60.9 Å². The van der Waals surface area contributed by atoms with Crippen LogP contribution in [-0.2, 0) is 24.2 Å². The number of hydrogen-bond donors (Lipinski definition) is 1. The summed E-state index contributed by atoms with van der Waals surface area (Å²) in [7, 11) is 0. The first-order valence-electron chi connectivity index (χ1n) is 6.43. The van der Waals surface area contributed by atoms with Gasteiger partial charge in [0.05, 0.1) is 28.4 Å². The molecular weight excluding hydrogens is 250 g/mol. The van der Waals surface area contributed by atoms with Crippen molar-refractivity contribution in [3.63, 3.8) is 0 Å². The number of hydrogen-bond acceptors (Lipinski definition) is 3. The summed E-state index contributed by atoms with van der Waals surface area (Å²) in [6.45, 7) is 8.36. The maximum absolute atomic E-state index is 12.2. The van der Waals surface area contributed by atoms with Crippen LogP contribution in [0.1, 0.15) is 45.5 Å². The van der Waals surface area contributed by atoms with Gasteiger partial charge in [0, 0.05) is 6.54 Å². The molecule has 0 amide bonds. The van der Waals surface area contributed by atoms with Gasteiger partial charge < -0.3 is 5.73 Å². The zero-order chi connectivity index (χ0) is 13.9. The van der Waals surface area contributed by atoms with Gasteiger partial charge in [-0.15, -0.1) is 0 Å². The largest absolute Gasteiger partial charge is 0.319 e. The van der Waals surface area contributed by atoms with Gasteiger partial charge in [-0.1, -0.05) is 25.4 Å². The minimum Gasteiger partial charge on any atom is -0.319 e. The Hall–Kier alpha value is -0.870. The summed E-state index contributed by atoms with van der Waals surface area (Å²) in [5.41, 5.74) is 6.80. The van der Waals surface area contributed by atoms with Crippen LogP contribution < -0.4 is 5.73 Å². The lowest BCUT2D eigenvalue weighted by molar-refractivity contribution is -0.123. The van der Waals surface area contributed by atoms with Gasteiger partial charge in [0.1, 0.15) is 0 Å². The fraction of sp³-hybridized carbons (Fsp3) is 0.692. The van der Waals surface area contributed by atoms with E-state index in [0.29, 0.717) is 18.0 Å². The summed E-state index contributed by atoms with van der Waals surface area (Å²) in [4.78, 5) is 12.2. The number of aromatic nitrogens is 2. The Balaban J connectivity index is 3.04. The summed E-state index contributed by atoms with van der Waals surface area (Å²) in [5.74, 6) is 0.00385. The van der Waals surface area contributed by atoms with Gasteiger partial charge >= 0.3 is 0 Å². The van der Waals surface area contributed by atoms with Gasteiger partial charge in [-0.05, 0) is 26.7 Å². The smallest absolute Gasteiger partial charge is 0.158 e. The fourth-order valence-electron chi connectivity index (χ4n) is 1.74. The molecule has 0 aliphatic carbocycles. The van der Waals surface area contributed by atoms with Gasteiger partial charge in [-0.25, -0.2) is 0 Å². The second-order valence-corrected chi connectivity index (χ2v) is 5.13. The van der Waals surface area contributed by atoms with Gasteiger partial charge in [0.15, 0.2) is 5.78 Å². The minimum atomic E-state index is -0.793. The number of carbonyl (C=O) groups excluding carboxylic acids is 1. The molecule has 1 heterocycles. The Morgan fingerprint density at radius 1 is 1.44 bits per heavy atom. The van der Waals surface area contributed by atoms with E-state index >= 15 is 0 Å². The third-order valence-electron chi connectivity index (χ3n) is 3.39. The molecule has 0 bridgehead atoms. The zero-order valence-electron chi connectivity index (χ0n) is 11.6. The molecule has 1 aromatic rings. The second-order valence-electron chi connectivity index (χ2n) is 4.75. The van der Waals surface area contributed by atoms with E-state index in [1.807, 2.05) is 20.8 Å². The molecule has 0 aromatic carbocycles. The van der Waals surface area contributed by atoms with E-state index in [0.717, 1.165) is 17.8 Å². The van der Waals surface area contributed by atoms with Crippen LogP contribution in [0.5, 0.6) is 0 Å². The molecule has 2 N–H and O–H groups in total. The highest BCUT2D eigenvalue weighted by atomic mass is 35.5. The van der Waals surface area contributed by atoms with Crippen LogP contribution in [0.15, 0.2) is 0 Å². The summed E-state index contributed by atoms with van der Waals surface area (Å²) in [5, 5.41) is 5.01. The van der Waals surface area contributed by atoms with Crippen molar-refractivity contribution in [1.82, 2.24) is 9.78 Å². The van der Waals surface area contributed by atoms with Crippen molar-refractivity contribution in [2.24, 2.45) is 5.73 Å². The highest BCUT2D eigenvalue weighted by molar-refractivity contribution is 6.32. The first-order valence-corrected chi connectivity index (χ1v) is 6.81. The second kappa shape index (κ2) is 5.85. The minimum absolute atomic E-state index is 0.00385. The molecule has 0 aliphatic heterocycles. The summed E-state index contributed by atoms with van der Waals surface area (Å²) >= 11 is 6.27. The number of halogens is 1. The molecule has 0 fully saturated rings. The highest BCUT2D eigenvalue weighted by Gasteiger charge is 2.28. The SMILES string of the molecule is CCc1nn(CC)c(CC(=O)C(C)(N)CC)c1Cl. The van der Waals surface area contributed by atoms with E-state index in [-0.39, 0.29) is 12.2 Å². The predicted octanol–water partition coefficient (Wildman–Crippen LogP) is 2.36. The summed E-state index contributed by atoms with van der Waals surface area (Å²) in [6, 6.07) is 0. The third kappa shape index (κ3) is 2.93. The van der Waals surface area contributed by atoms with Gasteiger partial charge in [-0.2, -0.15) is 5.10 Å². The molecule has 1 atom stereocenters. The van der Waals surface area contributed by atoms with Crippen molar-refractivity contribution in [3.05, 3.63) is 16.4 Å². The number of nitrogens with zero attached hydrogens (tertiary/aromatic N) is 2. The van der Waals surface area contributed by atoms with Crippen LogP contribution in [0.3, 0.4) is 0 Å². The van der Waals surface area contributed by atoms with Crippen LogP contribution in [0, 0.1) is 0 Å². The lowest BCUT2D eigenvalue weighted by Crippen LogP contribution is -2.45. The van der Waals surface area contributed by atoms with Gasteiger partial charge in [0.2, 0.25) is 0 Å². The normalized spacial score (nSPS) is 14.6. The molecule has 0 saturated carbocycles. The van der Waals surface area contributed by atoms with Crippen molar-refractivity contribution < 1.29 is 4.79 Å². The molecule has 18 heavy (non-hydrogen) atoms. The predicted molar refractivity (Wildman–Crippen MR) is 73.9 cm³/mol. The maximum Gasteiger partial charge on any atom is 0.158 e. The summed E-state index contributed by atoms with van der Waals surface area (Å²) < 4.78 is 1.80. The Bertz CT molecular complexity index is 438. The van der Waals surface area contributed by atoms with Crippen molar-refractivity contribution in [2.45, 2.75) is 59.0 Å². The molecule has 0 spiro atoms.